The highest BCUT2D eigenvalue weighted by molar-refractivity contribution is 5.38. The summed E-state index contributed by atoms with van der Waals surface area (Å²) in [5.41, 5.74) is 3.46. The Morgan fingerprint density at radius 2 is 1.88 bits per heavy atom. The van der Waals surface area contributed by atoms with E-state index in [1.165, 1.54) is 11.1 Å². The molecule has 2 aromatic rings. The van der Waals surface area contributed by atoms with Crippen molar-refractivity contribution in [2.24, 2.45) is 5.41 Å². The molecule has 0 aliphatic heterocycles. The molecular weight excluding hydrogens is 210 g/mol. The average molecular weight is 223 g/mol. The number of hydrogen-bond donors (Lipinski definition) is 0. The summed E-state index contributed by atoms with van der Waals surface area (Å²) in [7, 11) is 0. The number of benzene rings is 1. The summed E-state index contributed by atoms with van der Waals surface area (Å²) in [6.45, 7) is 0. The molecule has 0 atom stereocenters. The van der Waals surface area contributed by atoms with Crippen molar-refractivity contribution >= 4 is 0 Å². The summed E-state index contributed by atoms with van der Waals surface area (Å²) in [6, 6.07) is 12.8. The highest BCUT2D eigenvalue weighted by Gasteiger charge is 2.37. The summed E-state index contributed by atoms with van der Waals surface area (Å²) < 4.78 is 5.08. The summed E-state index contributed by atoms with van der Waals surface area (Å²) in [5.74, 6) is 0. The van der Waals surface area contributed by atoms with E-state index in [1.54, 1.807) is 12.5 Å². The Morgan fingerprint density at radius 3 is 2.41 bits per heavy atom. The van der Waals surface area contributed by atoms with Crippen LogP contribution in [0.4, 0.5) is 0 Å². The van der Waals surface area contributed by atoms with Gasteiger partial charge in [0, 0.05) is 0 Å². The van der Waals surface area contributed by atoms with E-state index in [-0.39, 0.29) is 5.41 Å². The molecule has 0 amide bonds. The lowest BCUT2D eigenvalue weighted by Gasteiger charge is -2.18. The number of nitriles is 1. The maximum Gasteiger partial charge on any atom is 0.0935 e. The van der Waals surface area contributed by atoms with Gasteiger partial charge in [-0.3, -0.25) is 0 Å². The highest BCUT2D eigenvalue weighted by Crippen LogP contribution is 2.39. The first-order valence-corrected chi connectivity index (χ1v) is 5.80. The first-order valence-electron chi connectivity index (χ1n) is 5.80. The molecule has 0 spiro atoms. The van der Waals surface area contributed by atoms with E-state index in [0.29, 0.717) is 0 Å². The fourth-order valence-electron chi connectivity index (χ4n) is 2.72. The van der Waals surface area contributed by atoms with Gasteiger partial charge in [-0.25, -0.2) is 0 Å². The summed E-state index contributed by atoms with van der Waals surface area (Å²) in [4.78, 5) is 0. The standard InChI is InChI=1S/C15H13NO/c16-11-15(7-12-5-6-17-10-12)8-13-3-1-2-4-14(13)9-15/h1-6,10H,7-9H2. The SMILES string of the molecule is N#CC1(Cc2ccoc2)Cc2ccccc2C1. The minimum absolute atomic E-state index is 0.284. The highest BCUT2D eigenvalue weighted by atomic mass is 16.3. The van der Waals surface area contributed by atoms with Crippen molar-refractivity contribution in [1.82, 2.24) is 0 Å². The van der Waals surface area contributed by atoms with Crippen molar-refractivity contribution in [3.63, 3.8) is 0 Å². The second kappa shape index (κ2) is 3.78. The van der Waals surface area contributed by atoms with Gasteiger partial charge in [-0.15, -0.1) is 0 Å². The van der Waals surface area contributed by atoms with Crippen LogP contribution in [0.25, 0.3) is 0 Å². The van der Waals surface area contributed by atoms with Crippen LogP contribution >= 0.6 is 0 Å². The van der Waals surface area contributed by atoms with Crippen molar-refractivity contribution < 1.29 is 4.42 Å². The molecule has 0 radical (unpaired) electrons. The van der Waals surface area contributed by atoms with E-state index in [9.17, 15) is 5.26 Å². The van der Waals surface area contributed by atoms with Gasteiger partial charge >= 0.3 is 0 Å². The number of furan rings is 1. The molecule has 0 fully saturated rings. The third-order valence-corrected chi connectivity index (χ3v) is 3.54. The smallest absolute Gasteiger partial charge is 0.0935 e. The van der Waals surface area contributed by atoms with Crippen LogP contribution in [0.15, 0.2) is 47.3 Å². The second-order valence-electron chi connectivity index (χ2n) is 4.82. The van der Waals surface area contributed by atoms with E-state index in [1.807, 2.05) is 18.2 Å². The lowest BCUT2D eigenvalue weighted by Crippen LogP contribution is -2.21. The maximum atomic E-state index is 9.51. The zero-order valence-electron chi connectivity index (χ0n) is 9.52. The number of hydrogen-bond acceptors (Lipinski definition) is 2. The molecule has 84 valence electrons. The molecule has 17 heavy (non-hydrogen) atoms. The van der Waals surface area contributed by atoms with Crippen molar-refractivity contribution in [2.45, 2.75) is 19.3 Å². The molecule has 0 N–H and O–H groups in total. The largest absolute Gasteiger partial charge is 0.472 e. The van der Waals surface area contributed by atoms with Crippen LogP contribution in [0.2, 0.25) is 0 Å². The monoisotopic (exact) mass is 223 g/mol. The number of fused-ring (bicyclic) bond motifs is 1. The molecule has 1 heterocycles. The molecule has 3 rings (SSSR count). The predicted octanol–water partition coefficient (Wildman–Crippen LogP) is 3.13. The van der Waals surface area contributed by atoms with Gasteiger partial charge < -0.3 is 4.42 Å². The quantitative estimate of drug-likeness (QED) is 0.784. The maximum absolute atomic E-state index is 9.51. The lowest BCUT2D eigenvalue weighted by molar-refractivity contribution is 0.415. The lowest BCUT2D eigenvalue weighted by atomic mass is 9.81. The molecular formula is C15H13NO. The van der Waals surface area contributed by atoms with Gasteiger partial charge in [-0.2, -0.15) is 5.26 Å². The Bertz CT molecular complexity index is 532. The zero-order chi connectivity index (χ0) is 11.7. The van der Waals surface area contributed by atoms with E-state index in [2.05, 4.69) is 18.2 Å². The third-order valence-electron chi connectivity index (χ3n) is 3.54. The van der Waals surface area contributed by atoms with Crippen molar-refractivity contribution in [3.8, 4) is 6.07 Å². The molecule has 1 aliphatic carbocycles. The van der Waals surface area contributed by atoms with Gasteiger partial charge in [0.15, 0.2) is 0 Å². The van der Waals surface area contributed by atoms with E-state index in [0.717, 1.165) is 24.8 Å². The summed E-state index contributed by atoms with van der Waals surface area (Å²) in [5, 5.41) is 9.51. The van der Waals surface area contributed by atoms with E-state index < -0.39 is 0 Å². The Kier molecular flexibility index (Phi) is 2.26. The predicted molar refractivity (Wildman–Crippen MR) is 64.3 cm³/mol. The number of rotatable bonds is 2. The Labute approximate surface area is 100 Å². The normalized spacial score (nSPS) is 16.4. The number of nitrogens with zero attached hydrogens (tertiary/aromatic N) is 1. The Morgan fingerprint density at radius 1 is 1.18 bits per heavy atom. The molecule has 1 aromatic carbocycles. The molecule has 1 aliphatic rings. The van der Waals surface area contributed by atoms with E-state index in [4.69, 9.17) is 4.42 Å². The van der Waals surface area contributed by atoms with Crippen LogP contribution in [0.5, 0.6) is 0 Å². The average Bonchev–Trinajstić information content (AvgIpc) is 2.96. The molecule has 0 saturated carbocycles. The summed E-state index contributed by atoms with van der Waals surface area (Å²) >= 11 is 0. The minimum Gasteiger partial charge on any atom is -0.472 e. The fraction of sp³-hybridized carbons (Fsp3) is 0.267. The van der Waals surface area contributed by atoms with Gasteiger partial charge in [-0.05, 0) is 42.0 Å². The molecule has 0 bridgehead atoms. The second-order valence-corrected chi connectivity index (χ2v) is 4.82. The van der Waals surface area contributed by atoms with Gasteiger partial charge in [-0.1, -0.05) is 24.3 Å². The molecule has 0 saturated heterocycles. The van der Waals surface area contributed by atoms with Crippen molar-refractivity contribution in [2.75, 3.05) is 0 Å². The zero-order valence-corrected chi connectivity index (χ0v) is 9.52. The minimum atomic E-state index is -0.284. The van der Waals surface area contributed by atoms with Crippen LogP contribution in [-0.4, -0.2) is 0 Å². The Hall–Kier alpha value is -2.01. The summed E-state index contributed by atoms with van der Waals surface area (Å²) in [6.07, 6.45) is 5.88. The van der Waals surface area contributed by atoms with Crippen LogP contribution < -0.4 is 0 Å². The van der Waals surface area contributed by atoms with Gasteiger partial charge in [0.2, 0.25) is 0 Å². The third kappa shape index (κ3) is 1.74. The Balaban J connectivity index is 1.90. The fourth-order valence-corrected chi connectivity index (χ4v) is 2.72. The first kappa shape index (κ1) is 10.2. The van der Waals surface area contributed by atoms with Gasteiger partial charge in [0.25, 0.3) is 0 Å². The van der Waals surface area contributed by atoms with Gasteiger partial charge in [0.1, 0.15) is 0 Å². The van der Waals surface area contributed by atoms with Gasteiger partial charge in [0.05, 0.1) is 24.0 Å². The van der Waals surface area contributed by atoms with Crippen LogP contribution in [0.3, 0.4) is 0 Å². The van der Waals surface area contributed by atoms with Crippen molar-refractivity contribution in [1.29, 1.82) is 5.26 Å². The van der Waals surface area contributed by atoms with E-state index >= 15 is 0 Å². The molecule has 2 nitrogen and oxygen atoms in total. The van der Waals surface area contributed by atoms with Crippen molar-refractivity contribution in [3.05, 3.63) is 59.5 Å². The first-order chi connectivity index (χ1) is 8.31. The van der Waals surface area contributed by atoms with Crippen LogP contribution in [-0.2, 0) is 19.3 Å². The van der Waals surface area contributed by atoms with Crippen LogP contribution in [0.1, 0.15) is 16.7 Å². The topological polar surface area (TPSA) is 36.9 Å². The molecule has 1 aromatic heterocycles. The van der Waals surface area contributed by atoms with Crippen LogP contribution in [0, 0.1) is 16.7 Å². The molecule has 2 heteroatoms. The molecule has 0 unspecified atom stereocenters.